The fourth-order valence-electron chi connectivity index (χ4n) is 5.81. The Bertz CT molecular complexity index is 1450. The van der Waals surface area contributed by atoms with Crippen LogP contribution in [0.2, 0.25) is 0 Å². The predicted octanol–water partition coefficient (Wildman–Crippen LogP) is 3.81. The highest BCUT2D eigenvalue weighted by Gasteiger charge is 2.33. The molecule has 1 N–H and O–H groups in total. The van der Waals surface area contributed by atoms with Gasteiger partial charge in [-0.2, -0.15) is 5.10 Å². The van der Waals surface area contributed by atoms with E-state index in [1.807, 2.05) is 30.9 Å². The van der Waals surface area contributed by atoms with Crippen LogP contribution in [-0.2, 0) is 17.6 Å². The average molecular weight is 519 g/mol. The number of piperidine rings is 1. The van der Waals surface area contributed by atoms with Gasteiger partial charge < -0.3 is 20.0 Å². The molecule has 10 heteroatoms. The Morgan fingerprint density at radius 1 is 1.14 bits per heavy atom. The van der Waals surface area contributed by atoms with E-state index >= 15 is 0 Å². The molecule has 0 saturated carbocycles. The second-order valence-electron chi connectivity index (χ2n) is 10.7. The predicted molar refractivity (Wildman–Crippen MR) is 149 cm³/mol. The average Bonchev–Trinajstić information content (AvgIpc) is 3.51. The number of hydrogen-bond acceptors (Lipinski definition) is 8. The lowest BCUT2D eigenvalue weighted by atomic mass is 9.86. The number of thiophene rings is 1. The quantitative estimate of drug-likeness (QED) is 0.430. The molecule has 0 radical (unpaired) electrons. The summed E-state index contributed by atoms with van der Waals surface area (Å²) in [6.45, 7) is 1.74. The molecule has 194 valence electrons. The molecule has 1 aliphatic carbocycles. The normalized spacial score (nSPS) is 18.5. The molecule has 1 aliphatic heterocycles. The molecule has 4 aromatic rings. The Morgan fingerprint density at radius 3 is 2.70 bits per heavy atom. The minimum absolute atomic E-state index is 0.0606. The van der Waals surface area contributed by atoms with Gasteiger partial charge in [0.15, 0.2) is 0 Å². The number of nitrogens with zero attached hydrogens (tertiary/aromatic N) is 7. The lowest BCUT2D eigenvalue weighted by Gasteiger charge is -2.37. The summed E-state index contributed by atoms with van der Waals surface area (Å²) in [5.41, 5.74) is 4.32. The van der Waals surface area contributed by atoms with Crippen molar-refractivity contribution in [3.63, 3.8) is 0 Å². The topological polar surface area (TPSA) is 81.9 Å². The van der Waals surface area contributed by atoms with Gasteiger partial charge in [0.2, 0.25) is 5.91 Å². The van der Waals surface area contributed by atoms with Crippen LogP contribution in [0.5, 0.6) is 0 Å². The molecule has 1 atom stereocenters. The first-order chi connectivity index (χ1) is 17.9. The number of carbonyl (C=O) groups is 1. The van der Waals surface area contributed by atoms with Crippen molar-refractivity contribution >= 4 is 50.2 Å². The molecule has 0 spiro atoms. The van der Waals surface area contributed by atoms with E-state index in [1.165, 1.54) is 10.4 Å². The highest BCUT2D eigenvalue weighted by atomic mass is 32.1. The number of likely N-dealkylation sites (tertiary alicyclic amines) is 1. The zero-order chi connectivity index (χ0) is 25.7. The zero-order valence-electron chi connectivity index (χ0n) is 21.9. The molecule has 2 aliphatic rings. The van der Waals surface area contributed by atoms with Gasteiger partial charge >= 0.3 is 0 Å². The van der Waals surface area contributed by atoms with E-state index in [2.05, 4.69) is 55.2 Å². The third-order valence-corrected chi connectivity index (χ3v) is 9.11. The van der Waals surface area contributed by atoms with Gasteiger partial charge in [-0.25, -0.2) is 14.5 Å². The van der Waals surface area contributed by atoms with Crippen molar-refractivity contribution in [2.45, 2.75) is 38.1 Å². The maximum atomic E-state index is 13.4. The van der Waals surface area contributed by atoms with Gasteiger partial charge in [0.25, 0.3) is 0 Å². The van der Waals surface area contributed by atoms with Gasteiger partial charge in [-0.05, 0) is 63.9 Å². The van der Waals surface area contributed by atoms with Crippen LogP contribution >= 0.6 is 11.3 Å². The van der Waals surface area contributed by atoms with Crippen LogP contribution in [0.3, 0.4) is 0 Å². The standard InChI is InChI=1S/C27H34N8OS/c1-32(2)18-8-11-34(12-9-18)27(36)17-5-6-20-23(13-17)37-26-24(20)25(28-16-29-26)31-21-14-19-7-10-30-35(19)15-22(21)33(3)4/h7,10,14-18H,5-6,8-9,11-13H2,1-4H3,(H,28,29,31)/t17-/m0/s1. The summed E-state index contributed by atoms with van der Waals surface area (Å²) in [7, 11) is 8.32. The van der Waals surface area contributed by atoms with Crippen LogP contribution in [0.1, 0.15) is 29.7 Å². The van der Waals surface area contributed by atoms with Crippen LogP contribution < -0.4 is 10.2 Å². The molecule has 0 unspecified atom stereocenters. The highest BCUT2D eigenvalue weighted by molar-refractivity contribution is 7.19. The number of rotatable bonds is 5. The molecule has 1 saturated heterocycles. The van der Waals surface area contributed by atoms with Crippen molar-refractivity contribution in [3.8, 4) is 0 Å². The summed E-state index contributed by atoms with van der Waals surface area (Å²) in [6.07, 6.45) is 10.1. The van der Waals surface area contributed by atoms with Gasteiger partial charge in [-0.15, -0.1) is 11.3 Å². The van der Waals surface area contributed by atoms with Crippen LogP contribution in [0, 0.1) is 5.92 Å². The van der Waals surface area contributed by atoms with Crippen LogP contribution in [-0.4, -0.2) is 82.6 Å². The first-order valence-corrected chi connectivity index (χ1v) is 13.8. The lowest BCUT2D eigenvalue weighted by molar-refractivity contribution is -0.137. The Kier molecular flexibility index (Phi) is 6.24. The third-order valence-electron chi connectivity index (χ3n) is 7.95. The van der Waals surface area contributed by atoms with Crippen molar-refractivity contribution < 1.29 is 4.79 Å². The van der Waals surface area contributed by atoms with Crippen molar-refractivity contribution in [2.24, 2.45) is 5.92 Å². The minimum atomic E-state index is 0.0606. The summed E-state index contributed by atoms with van der Waals surface area (Å²) in [5, 5.41) is 9.08. The molecule has 5 heterocycles. The van der Waals surface area contributed by atoms with Crippen molar-refractivity contribution in [2.75, 3.05) is 51.5 Å². The number of hydrogen-bond donors (Lipinski definition) is 1. The highest BCUT2D eigenvalue weighted by Crippen LogP contribution is 2.41. The fraction of sp³-hybridized carbons (Fsp3) is 0.481. The van der Waals surface area contributed by atoms with Gasteiger partial charge in [-0.1, -0.05) is 0 Å². The second-order valence-corrected chi connectivity index (χ2v) is 11.7. The maximum Gasteiger partial charge on any atom is 0.226 e. The van der Waals surface area contributed by atoms with Gasteiger partial charge in [-0.3, -0.25) is 4.79 Å². The molecule has 1 fully saturated rings. The summed E-state index contributed by atoms with van der Waals surface area (Å²) >= 11 is 1.72. The van der Waals surface area contributed by atoms with E-state index in [0.717, 1.165) is 78.1 Å². The maximum absolute atomic E-state index is 13.4. The smallest absolute Gasteiger partial charge is 0.226 e. The van der Waals surface area contributed by atoms with Crippen molar-refractivity contribution in [1.29, 1.82) is 0 Å². The van der Waals surface area contributed by atoms with E-state index in [0.29, 0.717) is 11.9 Å². The Labute approximate surface area is 221 Å². The Morgan fingerprint density at radius 2 is 1.95 bits per heavy atom. The van der Waals surface area contributed by atoms with Crippen molar-refractivity contribution in [1.82, 2.24) is 29.4 Å². The van der Waals surface area contributed by atoms with Gasteiger partial charge in [0.05, 0.1) is 28.5 Å². The number of nitrogens with one attached hydrogen (secondary N) is 1. The zero-order valence-corrected chi connectivity index (χ0v) is 22.8. The number of aromatic nitrogens is 4. The molecule has 9 nitrogen and oxygen atoms in total. The van der Waals surface area contributed by atoms with E-state index in [9.17, 15) is 4.79 Å². The Balaban J connectivity index is 1.26. The fourth-order valence-corrected chi connectivity index (χ4v) is 7.08. The number of anilines is 3. The number of aryl methyl sites for hydroxylation is 1. The Hall–Kier alpha value is -3.24. The molecule has 0 bridgehead atoms. The molecular weight excluding hydrogens is 484 g/mol. The largest absolute Gasteiger partial charge is 0.375 e. The molecule has 37 heavy (non-hydrogen) atoms. The van der Waals surface area contributed by atoms with Crippen LogP contribution in [0.15, 0.2) is 30.9 Å². The van der Waals surface area contributed by atoms with Crippen LogP contribution in [0.25, 0.3) is 15.7 Å². The van der Waals surface area contributed by atoms with E-state index in [1.54, 1.807) is 23.9 Å². The summed E-state index contributed by atoms with van der Waals surface area (Å²) < 4.78 is 1.88. The second kappa shape index (κ2) is 9.57. The SMILES string of the molecule is CN(C)c1cn2nccc2cc1Nc1ncnc2sc3c(c12)CC[C@H](C(=O)N1CCC(N(C)C)CC1)C3. The molecule has 1 amide bonds. The van der Waals surface area contributed by atoms with Gasteiger partial charge in [0, 0.05) is 50.2 Å². The van der Waals surface area contributed by atoms with Crippen LogP contribution in [0.4, 0.5) is 17.2 Å². The molecule has 4 aromatic heterocycles. The number of carbonyl (C=O) groups excluding carboxylic acids is 1. The first-order valence-electron chi connectivity index (χ1n) is 13.0. The van der Waals surface area contributed by atoms with Gasteiger partial charge in [0.1, 0.15) is 17.0 Å². The molecular formula is C27H34N8OS. The third kappa shape index (κ3) is 4.42. The molecule has 6 rings (SSSR count). The van der Waals surface area contributed by atoms with E-state index < -0.39 is 0 Å². The lowest BCUT2D eigenvalue weighted by Crippen LogP contribution is -2.47. The number of pyridine rings is 1. The first kappa shape index (κ1) is 24.1. The number of amides is 1. The minimum Gasteiger partial charge on any atom is -0.375 e. The number of fused-ring (bicyclic) bond motifs is 4. The summed E-state index contributed by atoms with van der Waals surface area (Å²) in [6, 6.07) is 4.67. The van der Waals surface area contributed by atoms with E-state index in [4.69, 9.17) is 0 Å². The summed E-state index contributed by atoms with van der Waals surface area (Å²) in [5.74, 6) is 1.21. The monoisotopic (exact) mass is 518 g/mol. The molecule has 0 aromatic carbocycles. The summed E-state index contributed by atoms with van der Waals surface area (Å²) in [4.78, 5) is 31.4. The van der Waals surface area contributed by atoms with E-state index in [-0.39, 0.29) is 5.92 Å². The van der Waals surface area contributed by atoms with Crippen molar-refractivity contribution in [3.05, 3.63) is 41.3 Å².